The monoisotopic (exact) mass is 401 g/mol. The number of benzene rings is 1. The summed E-state index contributed by atoms with van der Waals surface area (Å²) >= 11 is 0. The topological polar surface area (TPSA) is 119 Å². The zero-order valence-electron chi connectivity index (χ0n) is 16.8. The Hall–Kier alpha value is -3.05. The van der Waals surface area contributed by atoms with Crippen molar-refractivity contribution < 1.29 is 24.6 Å². The molecule has 156 valence electrons. The van der Waals surface area contributed by atoms with E-state index in [-0.39, 0.29) is 19.5 Å². The average Bonchev–Trinajstić information content (AvgIpc) is 3.05. The van der Waals surface area contributed by atoms with Gasteiger partial charge in [-0.25, -0.2) is 4.79 Å². The number of amides is 3. The van der Waals surface area contributed by atoms with Crippen LogP contribution >= 0.6 is 0 Å². The zero-order chi connectivity index (χ0) is 21.8. The van der Waals surface area contributed by atoms with E-state index >= 15 is 0 Å². The summed E-state index contributed by atoms with van der Waals surface area (Å²) in [7, 11) is 0. The van der Waals surface area contributed by atoms with Crippen molar-refractivity contribution in [1.82, 2.24) is 15.5 Å². The van der Waals surface area contributed by atoms with Crippen LogP contribution in [0.3, 0.4) is 0 Å². The maximum absolute atomic E-state index is 13.0. The minimum atomic E-state index is -1.32. The molecular formula is C21H27N3O5. The van der Waals surface area contributed by atoms with Gasteiger partial charge in [0.15, 0.2) is 0 Å². The molecule has 4 N–H and O–H groups in total. The van der Waals surface area contributed by atoms with Crippen LogP contribution in [0, 0.1) is 17.8 Å². The molecule has 0 radical (unpaired) electrons. The van der Waals surface area contributed by atoms with Crippen molar-refractivity contribution in [3.8, 4) is 12.3 Å². The van der Waals surface area contributed by atoms with E-state index in [0.29, 0.717) is 0 Å². The summed E-state index contributed by atoms with van der Waals surface area (Å²) in [5.74, 6) is 1.58. The van der Waals surface area contributed by atoms with Crippen molar-refractivity contribution in [1.29, 1.82) is 0 Å². The second-order valence-corrected chi connectivity index (χ2v) is 8.20. The van der Waals surface area contributed by atoms with Crippen molar-refractivity contribution in [2.45, 2.75) is 51.9 Å². The van der Waals surface area contributed by atoms with Crippen LogP contribution in [0.1, 0.15) is 38.3 Å². The molecule has 1 aromatic rings. The highest BCUT2D eigenvalue weighted by Crippen LogP contribution is 2.26. The van der Waals surface area contributed by atoms with E-state index in [9.17, 15) is 19.5 Å². The molecule has 0 spiro atoms. The Morgan fingerprint density at radius 1 is 1.28 bits per heavy atom. The van der Waals surface area contributed by atoms with Crippen LogP contribution < -0.4 is 10.6 Å². The zero-order valence-corrected chi connectivity index (χ0v) is 16.8. The number of carbonyl (C=O) groups is 3. The highest BCUT2D eigenvalue weighted by Gasteiger charge is 2.44. The lowest BCUT2D eigenvalue weighted by molar-refractivity contribution is -0.142. The molecule has 1 saturated heterocycles. The largest absolute Gasteiger partial charge is 0.465 e. The van der Waals surface area contributed by atoms with Crippen LogP contribution in [0.4, 0.5) is 4.79 Å². The Bertz CT molecular complexity index is 807. The normalized spacial score (nSPS) is 19.9. The van der Waals surface area contributed by atoms with E-state index in [0.717, 1.165) is 11.1 Å². The summed E-state index contributed by atoms with van der Waals surface area (Å²) in [5.41, 5.74) is 0.867. The van der Waals surface area contributed by atoms with Gasteiger partial charge in [-0.2, -0.15) is 0 Å². The molecule has 0 saturated carbocycles. The molecule has 0 aliphatic carbocycles. The Balaban J connectivity index is 2.11. The minimum absolute atomic E-state index is 0.0261. The second kappa shape index (κ2) is 8.97. The van der Waals surface area contributed by atoms with Gasteiger partial charge in [0, 0.05) is 25.1 Å². The van der Waals surface area contributed by atoms with Gasteiger partial charge in [0.05, 0.1) is 6.10 Å². The molecule has 1 fully saturated rings. The summed E-state index contributed by atoms with van der Waals surface area (Å²) in [6, 6.07) is 5.22. The predicted octanol–water partition coefficient (Wildman–Crippen LogP) is 0.928. The first-order valence-corrected chi connectivity index (χ1v) is 9.34. The molecule has 1 aromatic carbocycles. The average molecular weight is 401 g/mol. The molecule has 29 heavy (non-hydrogen) atoms. The number of rotatable bonds is 5. The van der Waals surface area contributed by atoms with Crippen LogP contribution in [0.15, 0.2) is 24.3 Å². The summed E-state index contributed by atoms with van der Waals surface area (Å²) in [4.78, 5) is 38.1. The van der Waals surface area contributed by atoms with Gasteiger partial charge in [-0.1, -0.05) is 38.8 Å². The smallest absolute Gasteiger partial charge is 0.405 e. The molecule has 2 rings (SSSR count). The highest BCUT2D eigenvalue weighted by atomic mass is 16.4. The standard InChI is InChI=1S/C21H27N3O5/c1-5-13-6-8-14(9-7-13)11-22-18(26)16-10-15(25)12-24(16)19(27)17(21(2,3)4)23-20(28)29/h1,6-9,15-17,23,25H,10-12H2,2-4H3,(H,22,26)(H,28,29)/t15-,16+,17-/m1/s1. The molecule has 8 nitrogen and oxygen atoms in total. The lowest BCUT2D eigenvalue weighted by atomic mass is 9.85. The maximum Gasteiger partial charge on any atom is 0.405 e. The lowest BCUT2D eigenvalue weighted by Crippen LogP contribution is -2.57. The van der Waals surface area contributed by atoms with E-state index in [1.165, 1.54) is 4.90 Å². The van der Waals surface area contributed by atoms with Gasteiger partial charge in [-0.3, -0.25) is 9.59 Å². The number of aliphatic hydroxyl groups is 1. The number of hydrogen-bond donors (Lipinski definition) is 4. The van der Waals surface area contributed by atoms with Gasteiger partial charge in [0.2, 0.25) is 11.8 Å². The number of hydrogen-bond acceptors (Lipinski definition) is 4. The number of β-amino-alcohol motifs (C(OH)–C–C–N with tert-alkyl or cyclic N) is 1. The van der Waals surface area contributed by atoms with Crippen LogP contribution in [0.25, 0.3) is 0 Å². The molecule has 1 aliphatic heterocycles. The van der Waals surface area contributed by atoms with Gasteiger partial charge in [0.25, 0.3) is 0 Å². The fourth-order valence-corrected chi connectivity index (χ4v) is 3.27. The number of aliphatic hydroxyl groups excluding tert-OH is 1. The first-order valence-electron chi connectivity index (χ1n) is 9.34. The Labute approximate surface area is 170 Å². The molecule has 1 aliphatic rings. The van der Waals surface area contributed by atoms with Crippen molar-refractivity contribution in [2.75, 3.05) is 6.54 Å². The Kier molecular flexibility index (Phi) is 6.88. The quantitative estimate of drug-likeness (QED) is 0.547. The van der Waals surface area contributed by atoms with E-state index < -0.39 is 41.5 Å². The Morgan fingerprint density at radius 3 is 2.41 bits per heavy atom. The first kappa shape index (κ1) is 22.2. The minimum Gasteiger partial charge on any atom is -0.465 e. The van der Waals surface area contributed by atoms with E-state index in [1.54, 1.807) is 45.0 Å². The van der Waals surface area contributed by atoms with Crippen molar-refractivity contribution in [3.05, 3.63) is 35.4 Å². The third kappa shape index (κ3) is 5.72. The van der Waals surface area contributed by atoms with Crippen LogP contribution in [-0.2, 0) is 16.1 Å². The molecule has 1 heterocycles. The molecule has 0 unspecified atom stereocenters. The Morgan fingerprint density at radius 2 is 1.90 bits per heavy atom. The van der Waals surface area contributed by atoms with E-state index in [1.807, 2.05) is 0 Å². The summed E-state index contributed by atoms with van der Waals surface area (Å²) in [6.07, 6.45) is 3.24. The molecule has 8 heteroatoms. The van der Waals surface area contributed by atoms with Gasteiger partial charge in [-0.05, 0) is 23.1 Å². The van der Waals surface area contributed by atoms with E-state index in [2.05, 4.69) is 16.6 Å². The summed E-state index contributed by atoms with van der Waals surface area (Å²) in [6.45, 7) is 5.41. The highest BCUT2D eigenvalue weighted by molar-refractivity contribution is 5.92. The number of nitrogens with one attached hydrogen (secondary N) is 2. The van der Waals surface area contributed by atoms with Crippen LogP contribution in [-0.4, -0.2) is 57.8 Å². The third-order valence-electron chi connectivity index (χ3n) is 4.83. The van der Waals surface area contributed by atoms with Gasteiger partial charge in [-0.15, -0.1) is 6.42 Å². The second-order valence-electron chi connectivity index (χ2n) is 8.20. The SMILES string of the molecule is C#Cc1ccc(CNC(=O)[C@@H]2C[C@@H](O)CN2C(=O)[C@@H](NC(=O)O)C(C)(C)C)cc1. The fraction of sp³-hybridized carbons (Fsp3) is 0.476. The molecule has 3 atom stereocenters. The van der Waals surface area contributed by atoms with Crippen molar-refractivity contribution in [2.24, 2.45) is 5.41 Å². The number of carboxylic acid groups (broad SMARTS) is 1. The van der Waals surface area contributed by atoms with Gasteiger partial charge >= 0.3 is 6.09 Å². The predicted molar refractivity (Wildman–Crippen MR) is 107 cm³/mol. The van der Waals surface area contributed by atoms with Crippen molar-refractivity contribution in [3.63, 3.8) is 0 Å². The lowest BCUT2D eigenvalue weighted by Gasteiger charge is -2.34. The van der Waals surface area contributed by atoms with E-state index in [4.69, 9.17) is 11.5 Å². The van der Waals surface area contributed by atoms with Gasteiger partial charge < -0.3 is 25.7 Å². The number of terminal acetylenes is 1. The molecular weight excluding hydrogens is 374 g/mol. The fourth-order valence-electron chi connectivity index (χ4n) is 3.27. The summed E-state index contributed by atoms with van der Waals surface area (Å²) in [5, 5.41) is 24.1. The van der Waals surface area contributed by atoms with Gasteiger partial charge in [0.1, 0.15) is 12.1 Å². The number of carbonyl (C=O) groups excluding carboxylic acids is 2. The molecule has 0 aromatic heterocycles. The third-order valence-corrected chi connectivity index (χ3v) is 4.83. The molecule has 0 bridgehead atoms. The summed E-state index contributed by atoms with van der Waals surface area (Å²) < 4.78 is 0. The number of likely N-dealkylation sites (tertiary alicyclic amines) is 1. The number of nitrogens with zero attached hydrogens (tertiary/aromatic N) is 1. The maximum atomic E-state index is 13.0. The van der Waals surface area contributed by atoms with Crippen LogP contribution in [0.5, 0.6) is 0 Å². The first-order chi connectivity index (χ1) is 13.5. The van der Waals surface area contributed by atoms with Crippen molar-refractivity contribution >= 4 is 17.9 Å². The van der Waals surface area contributed by atoms with Crippen LogP contribution in [0.2, 0.25) is 0 Å². The molecule has 3 amide bonds.